The van der Waals surface area contributed by atoms with E-state index in [9.17, 15) is 8.42 Å². The molecular formula is C9H12BrNO3S2. The van der Waals surface area contributed by atoms with E-state index in [1.165, 1.54) is 11.3 Å². The van der Waals surface area contributed by atoms with Crippen molar-refractivity contribution in [2.75, 3.05) is 6.54 Å². The molecular weight excluding hydrogens is 314 g/mol. The number of hydrogen-bond acceptors (Lipinski definition) is 4. The lowest BCUT2D eigenvalue weighted by atomic mass is 9.83. The molecule has 0 aromatic carbocycles. The Labute approximate surface area is 107 Å². The molecule has 4 nitrogen and oxygen atoms in total. The summed E-state index contributed by atoms with van der Waals surface area (Å²) in [6.07, 6.45) is 1.14. The summed E-state index contributed by atoms with van der Waals surface area (Å²) in [7, 11) is -3.37. The van der Waals surface area contributed by atoms with Gasteiger partial charge in [0.1, 0.15) is 4.21 Å². The van der Waals surface area contributed by atoms with E-state index in [0.29, 0.717) is 23.6 Å². The number of nitrogens with one attached hydrogen (secondary N) is 1. The quantitative estimate of drug-likeness (QED) is 0.882. The number of rotatable bonds is 4. The smallest absolute Gasteiger partial charge is 0.250 e. The van der Waals surface area contributed by atoms with E-state index in [1.807, 2.05) is 0 Å². The van der Waals surface area contributed by atoms with Crippen LogP contribution in [0.4, 0.5) is 0 Å². The lowest BCUT2D eigenvalue weighted by Crippen LogP contribution is -2.38. The molecule has 1 aromatic rings. The van der Waals surface area contributed by atoms with Crippen LogP contribution in [-0.2, 0) is 10.0 Å². The van der Waals surface area contributed by atoms with Crippen LogP contribution in [0.25, 0.3) is 0 Å². The molecule has 90 valence electrons. The van der Waals surface area contributed by atoms with Crippen LogP contribution in [-0.4, -0.2) is 26.2 Å². The lowest BCUT2D eigenvalue weighted by molar-refractivity contribution is 0.0453. The first-order valence-corrected chi connectivity index (χ1v) is 8.00. The molecule has 0 atom stereocenters. The van der Waals surface area contributed by atoms with Crippen LogP contribution in [0.2, 0.25) is 0 Å². The Morgan fingerprint density at radius 3 is 2.69 bits per heavy atom. The van der Waals surface area contributed by atoms with Crippen molar-refractivity contribution in [3.63, 3.8) is 0 Å². The summed E-state index contributed by atoms with van der Waals surface area (Å²) in [4.78, 5) is 0. The summed E-state index contributed by atoms with van der Waals surface area (Å²) in [6.45, 7) is 0.412. The minimum absolute atomic E-state index is 0.245. The molecule has 2 rings (SSSR count). The van der Waals surface area contributed by atoms with E-state index in [4.69, 9.17) is 5.11 Å². The number of thiophene rings is 1. The normalized spacial score (nSPS) is 25.4. The van der Waals surface area contributed by atoms with Gasteiger partial charge in [-0.25, -0.2) is 13.1 Å². The Balaban J connectivity index is 1.93. The van der Waals surface area contributed by atoms with Crippen LogP contribution in [0.3, 0.4) is 0 Å². The van der Waals surface area contributed by atoms with E-state index in [1.54, 1.807) is 12.1 Å². The Hall–Kier alpha value is 0.0500. The first-order valence-electron chi connectivity index (χ1n) is 4.90. The molecule has 7 heteroatoms. The van der Waals surface area contributed by atoms with Crippen LogP contribution >= 0.6 is 27.3 Å². The van der Waals surface area contributed by atoms with Gasteiger partial charge in [0, 0.05) is 6.54 Å². The maximum atomic E-state index is 11.8. The van der Waals surface area contributed by atoms with Gasteiger partial charge >= 0.3 is 0 Å². The van der Waals surface area contributed by atoms with E-state index in [0.717, 1.165) is 3.79 Å². The molecule has 1 saturated carbocycles. The highest BCUT2D eigenvalue weighted by molar-refractivity contribution is 9.11. The minimum atomic E-state index is -3.37. The second-order valence-corrected chi connectivity index (χ2v) is 8.36. The van der Waals surface area contributed by atoms with Gasteiger partial charge < -0.3 is 5.11 Å². The third-order valence-corrected chi connectivity index (χ3v) is 6.13. The van der Waals surface area contributed by atoms with Gasteiger partial charge in [0.25, 0.3) is 0 Å². The molecule has 0 aliphatic heterocycles. The molecule has 1 heterocycles. The van der Waals surface area contributed by atoms with Crippen molar-refractivity contribution in [1.82, 2.24) is 4.72 Å². The van der Waals surface area contributed by atoms with Crippen LogP contribution in [0, 0.1) is 5.92 Å². The van der Waals surface area contributed by atoms with Crippen molar-refractivity contribution >= 4 is 37.3 Å². The Kier molecular flexibility index (Phi) is 3.70. The monoisotopic (exact) mass is 325 g/mol. The summed E-state index contributed by atoms with van der Waals surface area (Å²) in [6, 6.07) is 3.29. The first-order chi connectivity index (χ1) is 7.47. The Bertz CT molecular complexity index is 465. The highest BCUT2D eigenvalue weighted by atomic mass is 79.9. The standard InChI is InChI=1S/C9H12BrNO3S2/c10-8-1-2-9(15-8)16(13,14)11-5-6-3-7(12)4-6/h1-2,6-7,11-12H,3-5H2. The van der Waals surface area contributed by atoms with Crippen molar-refractivity contribution in [1.29, 1.82) is 0 Å². The van der Waals surface area contributed by atoms with E-state index in [-0.39, 0.29) is 12.0 Å². The predicted octanol–water partition coefficient (Wildman–Crippen LogP) is 1.56. The Morgan fingerprint density at radius 1 is 1.50 bits per heavy atom. The molecule has 1 aromatic heterocycles. The maximum Gasteiger partial charge on any atom is 0.250 e. The molecule has 1 fully saturated rings. The van der Waals surface area contributed by atoms with Gasteiger partial charge in [0.05, 0.1) is 9.89 Å². The number of sulfonamides is 1. The maximum absolute atomic E-state index is 11.8. The highest BCUT2D eigenvalue weighted by Gasteiger charge is 2.28. The lowest BCUT2D eigenvalue weighted by Gasteiger charge is -2.31. The molecule has 0 radical (unpaired) electrons. The summed E-state index contributed by atoms with van der Waals surface area (Å²) < 4.78 is 27.3. The fourth-order valence-corrected chi connectivity index (χ4v) is 4.78. The zero-order chi connectivity index (χ0) is 11.8. The van der Waals surface area contributed by atoms with Crippen LogP contribution in [0.5, 0.6) is 0 Å². The third-order valence-electron chi connectivity index (χ3n) is 2.59. The van der Waals surface area contributed by atoms with Gasteiger partial charge in [0.15, 0.2) is 0 Å². The van der Waals surface area contributed by atoms with Gasteiger partial charge in [0.2, 0.25) is 10.0 Å². The van der Waals surface area contributed by atoms with Crippen LogP contribution < -0.4 is 4.72 Å². The average Bonchev–Trinajstić information content (AvgIpc) is 2.58. The highest BCUT2D eigenvalue weighted by Crippen LogP contribution is 2.28. The van der Waals surface area contributed by atoms with Crippen molar-refractivity contribution in [3.8, 4) is 0 Å². The number of hydrogen-bond donors (Lipinski definition) is 2. The van der Waals surface area contributed by atoms with Crippen molar-refractivity contribution in [2.24, 2.45) is 5.92 Å². The molecule has 1 aliphatic carbocycles. The van der Waals surface area contributed by atoms with Crippen molar-refractivity contribution < 1.29 is 13.5 Å². The van der Waals surface area contributed by atoms with Gasteiger partial charge in [-0.05, 0) is 46.8 Å². The molecule has 0 saturated heterocycles. The number of aliphatic hydroxyl groups excluding tert-OH is 1. The van der Waals surface area contributed by atoms with Crippen molar-refractivity contribution in [3.05, 3.63) is 15.9 Å². The zero-order valence-electron chi connectivity index (χ0n) is 8.39. The number of aliphatic hydroxyl groups is 1. The van der Waals surface area contributed by atoms with Gasteiger partial charge in [-0.3, -0.25) is 0 Å². The third kappa shape index (κ3) is 2.84. The van der Waals surface area contributed by atoms with E-state index >= 15 is 0 Å². The predicted molar refractivity (Wildman–Crippen MR) is 65.9 cm³/mol. The summed E-state index contributed by atoms with van der Waals surface area (Å²) in [5.74, 6) is 0.271. The fraction of sp³-hybridized carbons (Fsp3) is 0.556. The topological polar surface area (TPSA) is 66.4 Å². The molecule has 0 unspecified atom stereocenters. The second kappa shape index (κ2) is 4.73. The van der Waals surface area contributed by atoms with E-state index < -0.39 is 10.0 Å². The van der Waals surface area contributed by atoms with Gasteiger partial charge in [-0.1, -0.05) is 0 Å². The van der Waals surface area contributed by atoms with E-state index in [2.05, 4.69) is 20.7 Å². The summed E-state index contributed by atoms with van der Waals surface area (Å²) >= 11 is 4.42. The largest absolute Gasteiger partial charge is 0.393 e. The molecule has 0 bridgehead atoms. The molecule has 2 N–H and O–H groups in total. The van der Waals surface area contributed by atoms with Crippen molar-refractivity contribution in [2.45, 2.75) is 23.2 Å². The summed E-state index contributed by atoms with van der Waals surface area (Å²) in [5.41, 5.74) is 0. The Morgan fingerprint density at radius 2 is 2.19 bits per heavy atom. The second-order valence-electron chi connectivity index (χ2n) is 3.90. The van der Waals surface area contributed by atoms with Gasteiger partial charge in [-0.15, -0.1) is 11.3 Å². The molecule has 16 heavy (non-hydrogen) atoms. The first kappa shape index (κ1) is 12.5. The van der Waals surface area contributed by atoms with Crippen LogP contribution in [0.1, 0.15) is 12.8 Å². The van der Waals surface area contributed by atoms with Crippen LogP contribution in [0.15, 0.2) is 20.1 Å². The fourth-order valence-electron chi connectivity index (χ4n) is 1.61. The minimum Gasteiger partial charge on any atom is -0.393 e. The zero-order valence-corrected chi connectivity index (χ0v) is 11.6. The molecule has 0 amide bonds. The number of halogens is 1. The summed E-state index contributed by atoms with van der Waals surface area (Å²) in [5, 5.41) is 9.09. The average molecular weight is 326 g/mol. The molecule has 0 spiro atoms. The van der Waals surface area contributed by atoms with Gasteiger partial charge in [-0.2, -0.15) is 0 Å². The SMILES string of the molecule is O=S(=O)(NCC1CC(O)C1)c1ccc(Br)s1. The molecule has 1 aliphatic rings.